The summed E-state index contributed by atoms with van der Waals surface area (Å²) in [5.41, 5.74) is 0.403. The fraction of sp³-hybridized carbons (Fsp3) is 0.556. The molecule has 0 amide bonds. The van der Waals surface area contributed by atoms with Gasteiger partial charge in [0, 0.05) is 11.4 Å². The normalized spacial score (nSPS) is 15.2. The van der Waals surface area contributed by atoms with E-state index in [4.69, 9.17) is 4.74 Å². The Hall–Kier alpha value is -1.10. The summed E-state index contributed by atoms with van der Waals surface area (Å²) >= 11 is 1.45. The summed E-state index contributed by atoms with van der Waals surface area (Å²) in [6.45, 7) is 2.18. The summed E-state index contributed by atoms with van der Waals surface area (Å²) in [6.07, 6.45) is 2.41. The molecule has 1 heterocycles. The monoisotopic (exact) mass is 212 g/mol. The maximum Gasteiger partial charge on any atom is 0.357 e. The fourth-order valence-corrected chi connectivity index (χ4v) is 1.80. The van der Waals surface area contributed by atoms with Crippen LogP contribution in [0.25, 0.3) is 0 Å². The van der Waals surface area contributed by atoms with E-state index in [1.165, 1.54) is 24.2 Å². The van der Waals surface area contributed by atoms with Crippen molar-refractivity contribution >= 4 is 22.4 Å². The van der Waals surface area contributed by atoms with E-state index < -0.39 is 0 Å². The van der Waals surface area contributed by atoms with Gasteiger partial charge in [-0.1, -0.05) is 0 Å². The summed E-state index contributed by atoms with van der Waals surface area (Å²) in [5, 5.41) is 5.77. The second-order valence-corrected chi connectivity index (χ2v) is 4.04. The first-order valence-corrected chi connectivity index (χ1v) is 5.56. The van der Waals surface area contributed by atoms with Crippen molar-refractivity contribution in [2.45, 2.75) is 25.8 Å². The second kappa shape index (κ2) is 3.96. The Bertz CT molecular complexity index is 333. The molecule has 5 heteroatoms. The zero-order valence-corrected chi connectivity index (χ0v) is 8.76. The summed E-state index contributed by atoms with van der Waals surface area (Å²) in [6, 6.07) is 0.566. The van der Waals surface area contributed by atoms with Crippen molar-refractivity contribution in [3.63, 3.8) is 0 Å². The number of ether oxygens (including phenoxy) is 1. The Morgan fingerprint density at radius 3 is 3.21 bits per heavy atom. The summed E-state index contributed by atoms with van der Waals surface area (Å²) in [7, 11) is 0. The van der Waals surface area contributed by atoms with Crippen LogP contribution >= 0.6 is 11.3 Å². The smallest absolute Gasteiger partial charge is 0.357 e. The third-order valence-electron chi connectivity index (χ3n) is 1.89. The molecular weight excluding hydrogens is 200 g/mol. The topological polar surface area (TPSA) is 51.2 Å². The van der Waals surface area contributed by atoms with E-state index in [0.29, 0.717) is 18.3 Å². The number of nitrogens with one attached hydrogen (secondary N) is 1. The largest absolute Gasteiger partial charge is 0.461 e. The average Bonchev–Trinajstić information content (AvgIpc) is 2.82. The molecule has 0 bridgehead atoms. The molecule has 0 aliphatic heterocycles. The number of hydrogen-bond acceptors (Lipinski definition) is 5. The fourth-order valence-electron chi connectivity index (χ4n) is 1.04. The van der Waals surface area contributed by atoms with Gasteiger partial charge < -0.3 is 10.1 Å². The lowest BCUT2D eigenvalue weighted by atomic mass is 10.5. The van der Waals surface area contributed by atoms with Gasteiger partial charge in [-0.2, -0.15) is 0 Å². The van der Waals surface area contributed by atoms with Crippen molar-refractivity contribution in [2.24, 2.45) is 0 Å². The molecule has 76 valence electrons. The van der Waals surface area contributed by atoms with Gasteiger partial charge in [-0.15, -0.1) is 11.3 Å². The number of anilines is 1. The number of esters is 1. The van der Waals surface area contributed by atoms with Crippen LogP contribution in [-0.4, -0.2) is 23.6 Å². The minimum absolute atomic E-state index is 0.340. The predicted molar refractivity (Wildman–Crippen MR) is 54.7 cm³/mol. The van der Waals surface area contributed by atoms with E-state index in [1.807, 2.05) is 0 Å². The lowest BCUT2D eigenvalue weighted by molar-refractivity contribution is 0.0520. The Kier molecular flexibility index (Phi) is 2.67. The minimum Gasteiger partial charge on any atom is -0.461 e. The van der Waals surface area contributed by atoms with Gasteiger partial charge in [0.15, 0.2) is 10.8 Å². The SMILES string of the molecule is CCOC(=O)c1csc(NC2CC2)n1. The molecule has 1 aliphatic carbocycles. The van der Waals surface area contributed by atoms with Crippen LogP contribution in [0.15, 0.2) is 5.38 Å². The van der Waals surface area contributed by atoms with Crippen LogP contribution in [0.3, 0.4) is 0 Å². The van der Waals surface area contributed by atoms with Crippen LogP contribution in [0, 0.1) is 0 Å². The lowest BCUT2D eigenvalue weighted by Gasteiger charge is -1.97. The first-order chi connectivity index (χ1) is 6.79. The molecule has 0 radical (unpaired) electrons. The first kappa shape index (κ1) is 9.45. The summed E-state index contributed by atoms with van der Waals surface area (Å²) in [4.78, 5) is 15.4. The molecule has 1 fully saturated rings. The van der Waals surface area contributed by atoms with Crippen LogP contribution in [0.5, 0.6) is 0 Å². The van der Waals surface area contributed by atoms with Crippen molar-refractivity contribution in [1.82, 2.24) is 4.98 Å². The number of aromatic nitrogens is 1. The van der Waals surface area contributed by atoms with Crippen molar-refractivity contribution in [3.8, 4) is 0 Å². The number of hydrogen-bond donors (Lipinski definition) is 1. The van der Waals surface area contributed by atoms with E-state index in [-0.39, 0.29) is 5.97 Å². The molecule has 2 rings (SSSR count). The highest BCUT2D eigenvalue weighted by molar-refractivity contribution is 7.13. The number of thiazole rings is 1. The quantitative estimate of drug-likeness (QED) is 0.774. The standard InChI is InChI=1S/C9H12N2O2S/c1-2-13-8(12)7-5-14-9(11-7)10-6-3-4-6/h5-6H,2-4H2,1H3,(H,10,11). The van der Waals surface area contributed by atoms with E-state index in [0.717, 1.165) is 5.13 Å². The highest BCUT2D eigenvalue weighted by atomic mass is 32.1. The van der Waals surface area contributed by atoms with E-state index in [2.05, 4.69) is 10.3 Å². The molecule has 0 atom stereocenters. The molecule has 1 aliphatic rings. The van der Waals surface area contributed by atoms with Gasteiger partial charge in [0.25, 0.3) is 0 Å². The van der Waals surface area contributed by atoms with E-state index >= 15 is 0 Å². The van der Waals surface area contributed by atoms with Gasteiger partial charge in [-0.3, -0.25) is 0 Å². The average molecular weight is 212 g/mol. The van der Waals surface area contributed by atoms with Crippen LogP contribution in [0.4, 0.5) is 5.13 Å². The van der Waals surface area contributed by atoms with Gasteiger partial charge in [-0.25, -0.2) is 9.78 Å². The maximum atomic E-state index is 11.3. The molecule has 0 aromatic carbocycles. The second-order valence-electron chi connectivity index (χ2n) is 3.18. The van der Waals surface area contributed by atoms with E-state index in [1.54, 1.807) is 12.3 Å². The Labute approximate surface area is 86.3 Å². The molecule has 1 saturated carbocycles. The van der Waals surface area contributed by atoms with Crippen molar-refractivity contribution in [3.05, 3.63) is 11.1 Å². The molecule has 4 nitrogen and oxygen atoms in total. The minimum atomic E-state index is -0.340. The molecule has 1 aromatic rings. The van der Waals surface area contributed by atoms with Gasteiger partial charge in [-0.05, 0) is 19.8 Å². The first-order valence-electron chi connectivity index (χ1n) is 4.68. The molecule has 0 saturated heterocycles. The van der Waals surface area contributed by atoms with Crippen LogP contribution in [0.2, 0.25) is 0 Å². The number of nitrogens with zero attached hydrogens (tertiary/aromatic N) is 1. The van der Waals surface area contributed by atoms with Crippen LogP contribution in [0.1, 0.15) is 30.3 Å². The molecule has 0 spiro atoms. The highest BCUT2D eigenvalue weighted by Crippen LogP contribution is 2.26. The number of rotatable bonds is 4. The molecular formula is C9H12N2O2S. The molecule has 1 aromatic heterocycles. The Morgan fingerprint density at radius 1 is 1.79 bits per heavy atom. The predicted octanol–water partition coefficient (Wildman–Crippen LogP) is 1.89. The third kappa shape index (κ3) is 2.23. The Morgan fingerprint density at radius 2 is 2.57 bits per heavy atom. The van der Waals surface area contributed by atoms with Crippen molar-refractivity contribution in [2.75, 3.05) is 11.9 Å². The third-order valence-corrected chi connectivity index (χ3v) is 2.67. The van der Waals surface area contributed by atoms with Gasteiger partial charge >= 0.3 is 5.97 Å². The maximum absolute atomic E-state index is 11.3. The summed E-state index contributed by atoms with van der Waals surface area (Å²) < 4.78 is 4.84. The summed E-state index contributed by atoms with van der Waals surface area (Å²) in [5.74, 6) is -0.340. The van der Waals surface area contributed by atoms with Crippen LogP contribution < -0.4 is 5.32 Å². The van der Waals surface area contributed by atoms with Crippen molar-refractivity contribution in [1.29, 1.82) is 0 Å². The molecule has 14 heavy (non-hydrogen) atoms. The van der Waals surface area contributed by atoms with Crippen LogP contribution in [-0.2, 0) is 4.74 Å². The number of carbonyl (C=O) groups excluding carboxylic acids is 1. The van der Waals surface area contributed by atoms with Crippen molar-refractivity contribution < 1.29 is 9.53 Å². The number of carbonyl (C=O) groups is 1. The zero-order chi connectivity index (χ0) is 9.97. The van der Waals surface area contributed by atoms with Gasteiger partial charge in [0.2, 0.25) is 0 Å². The molecule has 0 unspecified atom stereocenters. The lowest BCUT2D eigenvalue weighted by Crippen LogP contribution is -2.06. The van der Waals surface area contributed by atoms with E-state index in [9.17, 15) is 4.79 Å². The van der Waals surface area contributed by atoms with Gasteiger partial charge in [0.05, 0.1) is 6.61 Å². The highest BCUT2D eigenvalue weighted by Gasteiger charge is 2.22. The zero-order valence-electron chi connectivity index (χ0n) is 7.95. The Balaban J connectivity index is 1.97. The molecule has 1 N–H and O–H groups in total. The van der Waals surface area contributed by atoms with Gasteiger partial charge in [0.1, 0.15) is 0 Å².